The second-order valence-corrected chi connectivity index (χ2v) is 3.42. The molecule has 2 N–H and O–H groups in total. The van der Waals surface area contributed by atoms with Gasteiger partial charge in [-0.25, -0.2) is 0 Å². The van der Waals surface area contributed by atoms with Gasteiger partial charge in [-0.1, -0.05) is 11.3 Å². The summed E-state index contributed by atoms with van der Waals surface area (Å²) >= 11 is 1.34. The number of ether oxygens (including phenoxy) is 1. The molecule has 1 heterocycles. The molecule has 0 aromatic carbocycles. The van der Waals surface area contributed by atoms with Crippen molar-refractivity contribution in [2.75, 3.05) is 6.61 Å². The molecule has 0 radical (unpaired) electrons. The lowest BCUT2D eigenvalue weighted by Gasteiger charge is -1.96. The van der Waals surface area contributed by atoms with E-state index in [0.717, 1.165) is 5.01 Å². The minimum absolute atomic E-state index is 0.186. The Morgan fingerprint density at radius 1 is 1.54 bits per heavy atom. The molecule has 0 bridgehead atoms. The summed E-state index contributed by atoms with van der Waals surface area (Å²) in [6.07, 6.45) is 0.186. The zero-order chi connectivity index (χ0) is 9.68. The van der Waals surface area contributed by atoms with E-state index in [1.54, 1.807) is 6.92 Å². The van der Waals surface area contributed by atoms with E-state index in [0.29, 0.717) is 18.2 Å². The van der Waals surface area contributed by atoms with Crippen molar-refractivity contribution in [3.8, 4) is 0 Å². The molecular weight excluding hydrogens is 190 g/mol. The first-order valence-electron chi connectivity index (χ1n) is 3.93. The number of esters is 1. The van der Waals surface area contributed by atoms with Crippen molar-refractivity contribution >= 4 is 17.3 Å². The van der Waals surface area contributed by atoms with E-state index >= 15 is 0 Å². The lowest BCUT2D eigenvalue weighted by atomic mass is 10.5. The Bertz CT molecular complexity index is 287. The van der Waals surface area contributed by atoms with Crippen LogP contribution < -0.4 is 5.73 Å². The fourth-order valence-corrected chi connectivity index (χ4v) is 1.49. The highest BCUT2D eigenvalue weighted by Crippen LogP contribution is 2.09. The molecule has 0 aliphatic carbocycles. The average Bonchev–Trinajstić information content (AvgIpc) is 2.52. The van der Waals surface area contributed by atoms with Gasteiger partial charge in [0.25, 0.3) is 0 Å². The number of hydrogen-bond donors (Lipinski definition) is 1. The maximum absolute atomic E-state index is 11.0. The van der Waals surface area contributed by atoms with Gasteiger partial charge in [0.05, 0.1) is 13.0 Å². The topological polar surface area (TPSA) is 78.1 Å². The number of carbonyl (C=O) groups excluding carboxylic acids is 1. The fourth-order valence-electron chi connectivity index (χ4n) is 0.778. The minimum Gasteiger partial charge on any atom is -0.466 e. The molecule has 0 aliphatic rings. The van der Waals surface area contributed by atoms with Crippen LogP contribution >= 0.6 is 11.3 Å². The molecule has 0 spiro atoms. The van der Waals surface area contributed by atoms with Gasteiger partial charge in [0.15, 0.2) is 0 Å². The summed E-state index contributed by atoms with van der Waals surface area (Å²) in [6.45, 7) is 2.52. The first kappa shape index (κ1) is 10.1. The lowest BCUT2D eigenvalue weighted by molar-refractivity contribution is -0.142. The smallest absolute Gasteiger partial charge is 0.312 e. The van der Waals surface area contributed by atoms with Gasteiger partial charge in [-0.15, -0.1) is 10.2 Å². The van der Waals surface area contributed by atoms with E-state index in [-0.39, 0.29) is 12.4 Å². The lowest BCUT2D eigenvalue weighted by Crippen LogP contribution is -2.07. The summed E-state index contributed by atoms with van der Waals surface area (Å²) in [4.78, 5) is 11.0. The molecule has 1 aromatic heterocycles. The number of rotatable bonds is 4. The first-order valence-corrected chi connectivity index (χ1v) is 4.74. The third kappa shape index (κ3) is 3.08. The quantitative estimate of drug-likeness (QED) is 0.699. The Balaban J connectivity index is 2.49. The van der Waals surface area contributed by atoms with Crippen molar-refractivity contribution in [2.45, 2.75) is 19.9 Å². The number of hydrogen-bond acceptors (Lipinski definition) is 6. The number of aromatic nitrogens is 2. The Hall–Kier alpha value is -1.01. The van der Waals surface area contributed by atoms with Crippen LogP contribution in [-0.4, -0.2) is 22.8 Å². The van der Waals surface area contributed by atoms with Gasteiger partial charge in [0.2, 0.25) is 0 Å². The van der Waals surface area contributed by atoms with Crippen LogP contribution in [0.3, 0.4) is 0 Å². The van der Waals surface area contributed by atoms with Gasteiger partial charge in [-0.05, 0) is 6.92 Å². The molecule has 0 amide bonds. The van der Waals surface area contributed by atoms with Crippen LogP contribution in [0.5, 0.6) is 0 Å². The normalized spacial score (nSPS) is 10.0. The van der Waals surface area contributed by atoms with Crippen molar-refractivity contribution < 1.29 is 9.53 Å². The zero-order valence-corrected chi connectivity index (χ0v) is 8.13. The van der Waals surface area contributed by atoms with Crippen molar-refractivity contribution in [3.05, 3.63) is 10.0 Å². The van der Waals surface area contributed by atoms with Crippen molar-refractivity contribution in [1.29, 1.82) is 0 Å². The minimum atomic E-state index is -0.276. The summed E-state index contributed by atoms with van der Waals surface area (Å²) in [7, 11) is 0. The average molecular weight is 201 g/mol. The van der Waals surface area contributed by atoms with Crippen LogP contribution in [-0.2, 0) is 22.5 Å². The van der Waals surface area contributed by atoms with Crippen LogP contribution in [0.15, 0.2) is 0 Å². The molecule has 0 aliphatic heterocycles. The SMILES string of the molecule is CCOC(=O)Cc1nnc(CN)s1. The monoisotopic (exact) mass is 201 g/mol. The molecule has 72 valence electrons. The Kier molecular flexibility index (Phi) is 3.78. The van der Waals surface area contributed by atoms with Gasteiger partial charge in [0.1, 0.15) is 10.0 Å². The molecule has 1 aromatic rings. The molecule has 13 heavy (non-hydrogen) atoms. The van der Waals surface area contributed by atoms with Crippen LogP contribution in [0.1, 0.15) is 16.9 Å². The highest BCUT2D eigenvalue weighted by Gasteiger charge is 2.08. The molecular formula is C7H11N3O2S. The molecule has 6 heteroatoms. The van der Waals surface area contributed by atoms with Crippen LogP contribution in [0.2, 0.25) is 0 Å². The second kappa shape index (κ2) is 4.88. The van der Waals surface area contributed by atoms with E-state index in [4.69, 9.17) is 10.5 Å². The highest BCUT2D eigenvalue weighted by molar-refractivity contribution is 7.11. The third-order valence-corrected chi connectivity index (χ3v) is 2.23. The van der Waals surface area contributed by atoms with E-state index in [9.17, 15) is 4.79 Å². The largest absolute Gasteiger partial charge is 0.466 e. The predicted octanol–water partition coefficient (Wildman–Crippen LogP) is 0.102. The number of nitrogens with two attached hydrogens (primary N) is 1. The first-order chi connectivity index (χ1) is 6.26. The van der Waals surface area contributed by atoms with Crippen LogP contribution in [0, 0.1) is 0 Å². The molecule has 0 saturated carbocycles. The molecule has 0 saturated heterocycles. The Morgan fingerprint density at radius 3 is 2.77 bits per heavy atom. The van der Waals surface area contributed by atoms with Gasteiger partial charge in [-0.2, -0.15) is 0 Å². The molecule has 0 unspecified atom stereocenters. The number of carbonyl (C=O) groups is 1. The standard InChI is InChI=1S/C7H11N3O2S/c1-2-12-7(11)3-5-9-10-6(4-8)13-5/h2-4,8H2,1H3. The van der Waals surface area contributed by atoms with Crippen LogP contribution in [0.25, 0.3) is 0 Å². The zero-order valence-electron chi connectivity index (χ0n) is 7.32. The highest BCUT2D eigenvalue weighted by atomic mass is 32.1. The van der Waals surface area contributed by atoms with Crippen LogP contribution in [0.4, 0.5) is 0 Å². The van der Waals surface area contributed by atoms with E-state index < -0.39 is 0 Å². The summed E-state index contributed by atoms with van der Waals surface area (Å²) < 4.78 is 4.76. The maximum atomic E-state index is 11.0. The Morgan fingerprint density at radius 2 is 2.23 bits per heavy atom. The van der Waals surface area contributed by atoms with E-state index in [1.807, 2.05) is 0 Å². The summed E-state index contributed by atoms with van der Waals surface area (Å²) in [5.74, 6) is -0.276. The van der Waals surface area contributed by atoms with E-state index in [1.165, 1.54) is 11.3 Å². The summed E-state index contributed by atoms with van der Waals surface area (Å²) in [6, 6.07) is 0. The van der Waals surface area contributed by atoms with Gasteiger partial charge >= 0.3 is 5.97 Å². The van der Waals surface area contributed by atoms with Crippen molar-refractivity contribution in [1.82, 2.24) is 10.2 Å². The molecule has 1 rings (SSSR count). The molecule has 0 fully saturated rings. The summed E-state index contributed by atoms with van der Waals surface area (Å²) in [5, 5.41) is 8.97. The van der Waals surface area contributed by atoms with Gasteiger partial charge in [-0.3, -0.25) is 4.79 Å². The van der Waals surface area contributed by atoms with E-state index in [2.05, 4.69) is 10.2 Å². The van der Waals surface area contributed by atoms with Gasteiger partial charge < -0.3 is 10.5 Å². The third-order valence-electron chi connectivity index (χ3n) is 1.28. The fraction of sp³-hybridized carbons (Fsp3) is 0.571. The summed E-state index contributed by atoms with van der Waals surface area (Å²) in [5.41, 5.74) is 5.34. The van der Waals surface area contributed by atoms with Crippen molar-refractivity contribution in [3.63, 3.8) is 0 Å². The Labute approximate surface area is 79.9 Å². The van der Waals surface area contributed by atoms with Crippen molar-refractivity contribution in [2.24, 2.45) is 5.73 Å². The van der Waals surface area contributed by atoms with Gasteiger partial charge in [0, 0.05) is 6.54 Å². The molecule has 5 nitrogen and oxygen atoms in total. The number of nitrogens with zero attached hydrogens (tertiary/aromatic N) is 2. The maximum Gasteiger partial charge on any atom is 0.312 e. The second-order valence-electron chi connectivity index (χ2n) is 2.28. The molecule has 0 atom stereocenters. The predicted molar refractivity (Wildman–Crippen MR) is 48.1 cm³/mol.